The second kappa shape index (κ2) is 4.84. The lowest BCUT2D eigenvalue weighted by molar-refractivity contribution is 0.398. The number of pyridine rings is 1. The summed E-state index contributed by atoms with van der Waals surface area (Å²) in [4.78, 5) is 12.7. The van der Waals surface area contributed by atoms with Crippen LogP contribution in [0.4, 0.5) is 0 Å². The third-order valence-corrected chi connectivity index (χ3v) is 3.45. The molecule has 0 aliphatic rings. The molecule has 0 spiro atoms. The van der Waals surface area contributed by atoms with Crippen LogP contribution in [0.15, 0.2) is 37.1 Å². The van der Waals surface area contributed by atoms with E-state index >= 15 is 0 Å². The van der Waals surface area contributed by atoms with Gasteiger partial charge in [-0.2, -0.15) is 0 Å². The van der Waals surface area contributed by atoms with Gasteiger partial charge in [-0.05, 0) is 12.1 Å². The van der Waals surface area contributed by atoms with Gasteiger partial charge >= 0.3 is 0 Å². The van der Waals surface area contributed by atoms with E-state index in [1.165, 1.54) is 6.33 Å². The quantitative estimate of drug-likeness (QED) is 0.724. The molecular formula is C16H18N4O. The number of imidazole rings is 1. The van der Waals surface area contributed by atoms with Crippen LogP contribution < -0.4 is 4.74 Å². The van der Waals surface area contributed by atoms with Crippen LogP contribution in [-0.4, -0.2) is 26.5 Å². The molecule has 0 atom stereocenters. The summed E-state index contributed by atoms with van der Waals surface area (Å²) in [6, 6.07) is 4.01. The highest BCUT2D eigenvalue weighted by atomic mass is 16.5. The van der Waals surface area contributed by atoms with E-state index < -0.39 is 0 Å². The lowest BCUT2D eigenvalue weighted by Crippen LogP contribution is -2.14. The first-order valence-electron chi connectivity index (χ1n) is 6.82. The van der Waals surface area contributed by atoms with Crippen molar-refractivity contribution in [2.75, 3.05) is 7.11 Å². The summed E-state index contributed by atoms with van der Waals surface area (Å²) in [7, 11) is 1.61. The zero-order chi connectivity index (χ0) is 15.0. The summed E-state index contributed by atoms with van der Waals surface area (Å²) < 4.78 is 7.43. The van der Waals surface area contributed by atoms with Crippen LogP contribution in [0.2, 0.25) is 0 Å². The van der Waals surface area contributed by atoms with Crippen molar-refractivity contribution in [1.29, 1.82) is 0 Å². The first-order chi connectivity index (χ1) is 10.0. The molecule has 0 bridgehead atoms. The number of aromatic nitrogens is 4. The fraction of sp³-hybridized carbons (Fsp3) is 0.312. The summed E-state index contributed by atoms with van der Waals surface area (Å²) in [5, 5.41) is 0. The third kappa shape index (κ3) is 2.35. The van der Waals surface area contributed by atoms with Crippen LogP contribution in [0.3, 0.4) is 0 Å². The first kappa shape index (κ1) is 13.5. The highest BCUT2D eigenvalue weighted by molar-refractivity contribution is 5.68. The molecule has 0 aliphatic heterocycles. The van der Waals surface area contributed by atoms with Crippen LogP contribution in [0, 0.1) is 0 Å². The second-order valence-electron chi connectivity index (χ2n) is 5.99. The second-order valence-corrected chi connectivity index (χ2v) is 5.99. The van der Waals surface area contributed by atoms with Crippen molar-refractivity contribution in [3.05, 3.63) is 42.7 Å². The number of hydrogen-bond acceptors (Lipinski definition) is 4. The summed E-state index contributed by atoms with van der Waals surface area (Å²) in [6.07, 6.45) is 7.24. The van der Waals surface area contributed by atoms with Crippen LogP contribution in [0.1, 0.15) is 26.5 Å². The third-order valence-electron chi connectivity index (χ3n) is 3.45. The Kier molecular flexibility index (Phi) is 3.12. The molecule has 0 radical (unpaired) electrons. The van der Waals surface area contributed by atoms with Gasteiger partial charge in [0.05, 0.1) is 12.7 Å². The van der Waals surface area contributed by atoms with Crippen molar-refractivity contribution in [1.82, 2.24) is 19.4 Å². The molecule has 5 nitrogen and oxygen atoms in total. The zero-order valence-electron chi connectivity index (χ0n) is 12.7. The predicted octanol–water partition coefficient (Wildman–Crippen LogP) is 3.10. The maximum absolute atomic E-state index is 5.31. The van der Waals surface area contributed by atoms with Crippen molar-refractivity contribution in [2.24, 2.45) is 0 Å². The molecule has 0 aromatic carbocycles. The smallest absolute Gasteiger partial charge is 0.224 e. The molecule has 0 aliphatic carbocycles. The van der Waals surface area contributed by atoms with E-state index in [-0.39, 0.29) is 5.41 Å². The molecule has 3 aromatic heterocycles. The minimum absolute atomic E-state index is 0.0231. The monoisotopic (exact) mass is 282 g/mol. The Balaban J connectivity index is 2.21. The van der Waals surface area contributed by atoms with E-state index in [4.69, 9.17) is 4.74 Å². The van der Waals surface area contributed by atoms with Gasteiger partial charge in [0, 0.05) is 35.3 Å². The van der Waals surface area contributed by atoms with Crippen LogP contribution in [0.25, 0.3) is 16.8 Å². The van der Waals surface area contributed by atoms with Gasteiger partial charge in [-0.3, -0.25) is 0 Å². The highest BCUT2D eigenvalue weighted by Crippen LogP contribution is 2.29. The fourth-order valence-corrected chi connectivity index (χ4v) is 2.37. The summed E-state index contributed by atoms with van der Waals surface area (Å²) in [6.45, 7) is 6.53. The molecule has 3 aromatic rings. The Morgan fingerprint density at radius 3 is 2.62 bits per heavy atom. The Morgan fingerprint density at radius 1 is 1.10 bits per heavy atom. The summed E-state index contributed by atoms with van der Waals surface area (Å²) >= 11 is 0. The lowest BCUT2D eigenvalue weighted by atomic mass is 9.93. The normalized spacial score (nSPS) is 11.8. The molecule has 0 unspecified atom stereocenters. The van der Waals surface area contributed by atoms with E-state index in [1.807, 2.05) is 18.3 Å². The summed E-state index contributed by atoms with van der Waals surface area (Å²) in [5.41, 5.74) is 3.99. The standard InChI is InChI=1S/C16H18N4O/c1-16(2,3)13-8-18-14-6-5-11(9-20(13)14)12-7-17-10-19-15(12)21-4/h5-10H,1-4H3. The number of nitrogens with zero attached hydrogens (tertiary/aromatic N) is 4. The van der Waals surface area contributed by atoms with E-state index in [1.54, 1.807) is 13.3 Å². The molecule has 5 heteroatoms. The van der Waals surface area contributed by atoms with Gasteiger partial charge in [-0.15, -0.1) is 0 Å². The fourth-order valence-electron chi connectivity index (χ4n) is 2.37. The maximum Gasteiger partial charge on any atom is 0.224 e. The van der Waals surface area contributed by atoms with Crippen molar-refractivity contribution >= 4 is 5.65 Å². The first-order valence-corrected chi connectivity index (χ1v) is 6.82. The van der Waals surface area contributed by atoms with Crippen molar-refractivity contribution in [3.8, 4) is 17.0 Å². The number of rotatable bonds is 2. The number of ether oxygens (including phenoxy) is 1. The van der Waals surface area contributed by atoms with Gasteiger partial charge < -0.3 is 9.14 Å². The summed E-state index contributed by atoms with van der Waals surface area (Å²) in [5.74, 6) is 0.571. The lowest BCUT2D eigenvalue weighted by Gasteiger charge is -2.18. The predicted molar refractivity (Wildman–Crippen MR) is 81.5 cm³/mol. The Bertz CT molecular complexity index is 786. The Morgan fingerprint density at radius 2 is 1.90 bits per heavy atom. The molecule has 0 N–H and O–H groups in total. The molecule has 3 rings (SSSR count). The minimum Gasteiger partial charge on any atom is -0.480 e. The molecule has 0 fully saturated rings. The molecule has 108 valence electrons. The minimum atomic E-state index is 0.0231. The molecular weight excluding hydrogens is 264 g/mol. The van der Waals surface area contributed by atoms with Crippen LogP contribution in [0.5, 0.6) is 5.88 Å². The van der Waals surface area contributed by atoms with E-state index in [0.29, 0.717) is 5.88 Å². The average Bonchev–Trinajstić information content (AvgIpc) is 2.90. The van der Waals surface area contributed by atoms with E-state index in [0.717, 1.165) is 22.5 Å². The molecule has 3 heterocycles. The largest absolute Gasteiger partial charge is 0.480 e. The van der Waals surface area contributed by atoms with Gasteiger partial charge in [0.1, 0.15) is 12.0 Å². The zero-order valence-corrected chi connectivity index (χ0v) is 12.7. The van der Waals surface area contributed by atoms with Gasteiger partial charge in [-0.1, -0.05) is 20.8 Å². The van der Waals surface area contributed by atoms with E-state index in [2.05, 4.69) is 46.3 Å². The van der Waals surface area contributed by atoms with Gasteiger partial charge in [-0.25, -0.2) is 15.0 Å². The van der Waals surface area contributed by atoms with Crippen LogP contribution in [-0.2, 0) is 5.41 Å². The van der Waals surface area contributed by atoms with Crippen molar-refractivity contribution in [2.45, 2.75) is 26.2 Å². The van der Waals surface area contributed by atoms with Crippen molar-refractivity contribution < 1.29 is 4.74 Å². The Hall–Kier alpha value is -2.43. The average molecular weight is 282 g/mol. The topological polar surface area (TPSA) is 52.3 Å². The van der Waals surface area contributed by atoms with E-state index in [9.17, 15) is 0 Å². The molecule has 0 saturated carbocycles. The maximum atomic E-state index is 5.31. The molecule has 21 heavy (non-hydrogen) atoms. The number of methoxy groups -OCH3 is 1. The molecule has 0 saturated heterocycles. The SMILES string of the molecule is COc1ncncc1-c1ccc2ncc(C(C)(C)C)n2c1. The number of hydrogen-bond donors (Lipinski definition) is 0. The number of fused-ring (bicyclic) bond motifs is 1. The van der Waals surface area contributed by atoms with Gasteiger partial charge in [0.15, 0.2) is 0 Å². The van der Waals surface area contributed by atoms with Gasteiger partial charge in [0.2, 0.25) is 5.88 Å². The highest BCUT2D eigenvalue weighted by Gasteiger charge is 2.19. The Labute approximate surface area is 123 Å². The molecule has 0 amide bonds. The van der Waals surface area contributed by atoms with Crippen LogP contribution >= 0.6 is 0 Å². The van der Waals surface area contributed by atoms with Gasteiger partial charge in [0.25, 0.3) is 0 Å². The van der Waals surface area contributed by atoms with Crippen molar-refractivity contribution in [3.63, 3.8) is 0 Å².